The van der Waals surface area contributed by atoms with Crippen LogP contribution in [0.15, 0.2) is 48.5 Å². The summed E-state index contributed by atoms with van der Waals surface area (Å²) in [6.07, 6.45) is 1.40. The van der Waals surface area contributed by atoms with Crippen LogP contribution in [-0.2, 0) is 9.53 Å². The van der Waals surface area contributed by atoms with Crippen LogP contribution in [0.3, 0.4) is 0 Å². The monoisotopic (exact) mass is 398 g/mol. The van der Waals surface area contributed by atoms with Crippen molar-refractivity contribution in [3.05, 3.63) is 65.5 Å². The molecule has 154 valence electrons. The second-order valence-corrected chi connectivity index (χ2v) is 7.31. The first kappa shape index (κ1) is 21.0. The average Bonchev–Trinajstić information content (AvgIpc) is 2.70. The van der Waals surface area contributed by atoms with Crippen LogP contribution in [0.25, 0.3) is 0 Å². The molecule has 0 aromatic heterocycles. The molecule has 0 aliphatic carbocycles. The van der Waals surface area contributed by atoms with Crippen molar-refractivity contribution in [2.45, 2.75) is 32.7 Å². The Labute approximate surface area is 171 Å². The van der Waals surface area contributed by atoms with Crippen molar-refractivity contribution in [3.63, 3.8) is 0 Å². The summed E-state index contributed by atoms with van der Waals surface area (Å²) in [6, 6.07) is 13.7. The lowest BCUT2D eigenvalue weighted by Gasteiger charge is -2.38. The molecule has 1 saturated heterocycles. The highest BCUT2D eigenvalue weighted by atomic mass is 19.1. The SMILES string of the molecule is CCOC(=O)CN1CCC(N(C(=O)c2ccccc2F)c2cccc(C)c2)CC1. The zero-order valence-corrected chi connectivity index (χ0v) is 16.9. The van der Waals surface area contributed by atoms with Crippen molar-refractivity contribution in [1.29, 1.82) is 0 Å². The van der Waals surface area contributed by atoms with Crippen LogP contribution in [0, 0.1) is 12.7 Å². The Kier molecular flexibility index (Phi) is 6.99. The Morgan fingerprint density at radius 3 is 2.52 bits per heavy atom. The van der Waals surface area contributed by atoms with Crippen molar-refractivity contribution < 1.29 is 18.7 Å². The zero-order valence-electron chi connectivity index (χ0n) is 16.9. The first-order valence-corrected chi connectivity index (χ1v) is 10.0. The van der Waals surface area contributed by atoms with Gasteiger partial charge in [-0.25, -0.2) is 4.39 Å². The second-order valence-electron chi connectivity index (χ2n) is 7.31. The molecule has 5 nitrogen and oxygen atoms in total. The van der Waals surface area contributed by atoms with Crippen LogP contribution < -0.4 is 4.90 Å². The number of ether oxygens (including phenoxy) is 1. The predicted octanol–water partition coefficient (Wildman–Crippen LogP) is 3.81. The summed E-state index contributed by atoms with van der Waals surface area (Å²) in [6.45, 7) is 5.74. The third kappa shape index (κ3) is 5.21. The molecular formula is C23H27FN2O3. The van der Waals surface area contributed by atoms with E-state index in [9.17, 15) is 14.0 Å². The van der Waals surface area contributed by atoms with Gasteiger partial charge in [-0.3, -0.25) is 14.5 Å². The molecule has 6 heteroatoms. The highest BCUT2D eigenvalue weighted by molar-refractivity contribution is 6.06. The molecule has 0 radical (unpaired) electrons. The van der Waals surface area contributed by atoms with Crippen LogP contribution in [0.2, 0.25) is 0 Å². The molecule has 1 amide bonds. The summed E-state index contributed by atoms with van der Waals surface area (Å²) in [4.78, 5) is 28.8. The van der Waals surface area contributed by atoms with Crippen LogP contribution >= 0.6 is 0 Å². The number of carbonyl (C=O) groups excluding carboxylic acids is 2. The molecule has 0 unspecified atom stereocenters. The number of aryl methyl sites for hydroxylation is 1. The number of hydrogen-bond acceptors (Lipinski definition) is 4. The fourth-order valence-corrected chi connectivity index (χ4v) is 3.76. The Morgan fingerprint density at radius 1 is 1.14 bits per heavy atom. The maximum atomic E-state index is 14.3. The third-order valence-corrected chi connectivity index (χ3v) is 5.18. The predicted molar refractivity (Wildman–Crippen MR) is 110 cm³/mol. The third-order valence-electron chi connectivity index (χ3n) is 5.18. The van der Waals surface area contributed by atoms with Gasteiger partial charge >= 0.3 is 5.97 Å². The number of esters is 1. The lowest BCUT2D eigenvalue weighted by Crippen LogP contribution is -2.49. The van der Waals surface area contributed by atoms with Gasteiger partial charge in [-0.05, 0) is 56.5 Å². The largest absolute Gasteiger partial charge is 0.465 e. The quantitative estimate of drug-likeness (QED) is 0.695. The summed E-state index contributed by atoms with van der Waals surface area (Å²) >= 11 is 0. The van der Waals surface area contributed by atoms with Crippen LogP contribution in [0.1, 0.15) is 35.7 Å². The summed E-state index contributed by atoms with van der Waals surface area (Å²) in [5.41, 5.74) is 1.87. The van der Waals surface area contributed by atoms with E-state index >= 15 is 0 Å². The van der Waals surface area contributed by atoms with Gasteiger partial charge in [0.2, 0.25) is 0 Å². The standard InChI is InChI=1S/C23H27FN2O3/c1-3-29-22(27)16-25-13-11-18(12-14-25)26(19-8-6-7-17(2)15-19)23(28)20-9-4-5-10-21(20)24/h4-10,15,18H,3,11-14,16H2,1-2H3. The van der Waals surface area contributed by atoms with E-state index in [2.05, 4.69) is 0 Å². The molecule has 0 N–H and O–H groups in total. The van der Waals surface area contributed by atoms with Gasteiger partial charge in [-0.1, -0.05) is 24.3 Å². The van der Waals surface area contributed by atoms with Gasteiger partial charge in [0.15, 0.2) is 0 Å². The summed E-state index contributed by atoms with van der Waals surface area (Å²) in [5.74, 6) is -1.09. The highest BCUT2D eigenvalue weighted by Crippen LogP contribution is 2.27. The van der Waals surface area contributed by atoms with E-state index < -0.39 is 5.82 Å². The fourth-order valence-electron chi connectivity index (χ4n) is 3.76. The minimum absolute atomic E-state index is 0.0673. The van der Waals surface area contributed by atoms with Gasteiger partial charge < -0.3 is 9.64 Å². The number of nitrogens with zero attached hydrogens (tertiary/aromatic N) is 2. The molecular weight excluding hydrogens is 371 g/mol. The maximum absolute atomic E-state index is 14.3. The number of anilines is 1. The molecule has 0 saturated carbocycles. The molecule has 1 aliphatic heterocycles. The van der Waals surface area contributed by atoms with Crippen molar-refractivity contribution in [2.75, 3.05) is 31.1 Å². The molecule has 1 aliphatic rings. The number of rotatable bonds is 6. The Hall–Kier alpha value is -2.73. The summed E-state index contributed by atoms with van der Waals surface area (Å²) in [5, 5.41) is 0. The van der Waals surface area contributed by atoms with Gasteiger partial charge in [0.05, 0.1) is 18.7 Å². The Morgan fingerprint density at radius 2 is 1.86 bits per heavy atom. The molecule has 0 bridgehead atoms. The number of halogens is 1. The summed E-state index contributed by atoms with van der Waals surface area (Å²) in [7, 11) is 0. The first-order valence-electron chi connectivity index (χ1n) is 10.0. The second kappa shape index (κ2) is 9.65. The van der Waals surface area contributed by atoms with E-state index in [1.54, 1.807) is 24.0 Å². The van der Waals surface area contributed by atoms with E-state index in [1.165, 1.54) is 12.1 Å². The van der Waals surface area contributed by atoms with E-state index in [-0.39, 0.29) is 30.0 Å². The molecule has 3 rings (SSSR count). The molecule has 2 aromatic carbocycles. The number of carbonyl (C=O) groups is 2. The lowest BCUT2D eigenvalue weighted by molar-refractivity contribution is -0.144. The van der Waals surface area contributed by atoms with Gasteiger partial charge in [0.25, 0.3) is 5.91 Å². The van der Waals surface area contributed by atoms with Crippen molar-refractivity contribution in [3.8, 4) is 0 Å². The first-order chi connectivity index (χ1) is 14.0. The molecule has 29 heavy (non-hydrogen) atoms. The average molecular weight is 398 g/mol. The maximum Gasteiger partial charge on any atom is 0.320 e. The number of benzene rings is 2. The molecule has 1 fully saturated rings. The zero-order chi connectivity index (χ0) is 20.8. The van der Waals surface area contributed by atoms with Gasteiger partial charge in [-0.15, -0.1) is 0 Å². The number of likely N-dealkylation sites (tertiary alicyclic amines) is 1. The molecule has 1 heterocycles. The van der Waals surface area contributed by atoms with Gasteiger partial charge in [-0.2, -0.15) is 0 Å². The normalized spacial score (nSPS) is 15.1. The van der Waals surface area contributed by atoms with Crippen LogP contribution in [0.5, 0.6) is 0 Å². The smallest absolute Gasteiger partial charge is 0.320 e. The molecule has 2 aromatic rings. The molecule has 0 atom stereocenters. The van der Waals surface area contributed by atoms with E-state index in [1.807, 2.05) is 36.1 Å². The van der Waals surface area contributed by atoms with E-state index in [0.29, 0.717) is 32.5 Å². The lowest BCUT2D eigenvalue weighted by atomic mass is 10.00. The number of amides is 1. The van der Waals surface area contributed by atoms with Gasteiger partial charge in [0.1, 0.15) is 5.82 Å². The van der Waals surface area contributed by atoms with Crippen molar-refractivity contribution in [1.82, 2.24) is 4.90 Å². The summed E-state index contributed by atoms with van der Waals surface area (Å²) < 4.78 is 19.4. The van der Waals surface area contributed by atoms with Crippen LogP contribution in [-0.4, -0.2) is 49.1 Å². The van der Waals surface area contributed by atoms with Crippen LogP contribution in [0.4, 0.5) is 10.1 Å². The minimum Gasteiger partial charge on any atom is -0.465 e. The van der Waals surface area contributed by atoms with Crippen molar-refractivity contribution in [2.24, 2.45) is 0 Å². The highest BCUT2D eigenvalue weighted by Gasteiger charge is 2.31. The fraction of sp³-hybridized carbons (Fsp3) is 0.391. The number of hydrogen-bond donors (Lipinski definition) is 0. The molecule has 0 spiro atoms. The van der Waals surface area contributed by atoms with E-state index in [0.717, 1.165) is 11.3 Å². The number of piperidine rings is 1. The van der Waals surface area contributed by atoms with Crippen molar-refractivity contribution >= 4 is 17.6 Å². The van der Waals surface area contributed by atoms with E-state index in [4.69, 9.17) is 4.74 Å². The topological polar surface area (TPSA) is 49.9 Å². The Bertz CT molecular complexity index is 863. The minimum atomic E-state index is -0.519. The van der Waals surface area contributed by atoms with Gasteiger partial charge in [0, 0.05) is 24.8 Å². The Balaban J connectivity index is 1.81.